The van der Waals surface area contributed by atoms with Gasteiger partial charge in [-0.3, -0.25) is 0 Å². The highest BCUT2D eigenvalue weighted by Crippen LogP contribution is 2.34. The average molecular weight is 274 g/mol. The van der Waals surface area contributed by atoms with Gasteiger partial charge >= 0.3 is 0 Å². The van der Waals surface area contributed by atoms with Crippen molar-refractivity contribution in [1.82, 2.24) is 15.3 Å². The first-order valence-electron chi connectivity index (χ1n) is 7.97. The summed E-state index contributed by atoms with van der Waals surface area (Å²) in [5.74, 6) is 0.628. The maximum absolute atomic E-state index is 4.21. The van der Waals surface area contributed by atoms with Crippen molar-refractivity contribution >= 4 is 5.69 Å². The lowest BCUT2D eigenvalue weighted by Gasteiger charge is -2.51. The molecule has 1 saturated carbocycles. The van der Waals surface area contributed by atoms with Crippen LogP contribution in [0, 0.1) is 5.92 Å². The van der Waals surface area contributed by atoms with E-state index in [1.807, 2.05) is 12.4 Å². The Kier molecular flexibility index (Phi) is 3.92. The summed E-state index contributed by atoms with van der Waals surface area (Å²) < 4.78 is 0. The molecule has 0 radical (unpaired) electrons. The van der Waals surface area contributed by atoms with Gasteiger partial charge in [0.25, 0.3) is 0 Å². The van der Waals surface area contributed by atoms with Crippen LogP contribution in [0.4, 0.5) is 5.69 Å². The Morgan fingerprint density at radius 1 is 1.20 bits per heavy atom. The third kappa shape index (κ3) is 2.66. The van der Waals surface area contributed by atoms with Crippen LogP contribution in [-0.2, 0) is 0 Å². The SMILES string of the molecule is CC(C)C1CNC2(CCCCC2)CN1c1cncnc1. The number of hydrogen-bond donors (Lipinski definition) is 1. The number of anilines is 1. The Morgan fingerprint density at radius 2 is 1.90 bits per heavy atom. The fourth-order valence-corrected chi connectivity index (χ4v) is 3.81. The van der Waals surface area contributed by atoms with Gasteiger partial charge in [-0.15, -0.1) is 0 Å². The molecule has 1 aromatic rings. The molecule has 1 aliphatic heterocycles. The van der Waals surface area contributed by atoms with Crippen LogP contribution in [0.2, 0.25) is 0 Å². The van der Waals surface area contributed by atoms with Gasteiger partial charge in [-0.1, -0.05) is 33.1 Å². The molecule has 4 heteroatoms. The zero-order valence-electron chi connectivity index (χ0n) is 12.7. The molecule has 2 fully saturated rings. The van der Waals surface area contributed by atoms with E-state index in [0.29, 0.717) is 17.5 Å². The third-order valence-corrected chi connectivity index (χ3v) is 5.02. The number of nitrogens with zero attached hydrogens (tertiary/aromatic N) is 3. The van der Waals surface area contributed by atoms with Crippen molar-refractivity contribution in [2.75, 3.05) is 18.0 Å². The molecule has 2 heterocycles. The molecule has 0 amide bonds. The molecule has 20 heavy (non-hydrogen) atoms. The minimum Gasteiger partial charge on any atom is -0.363 e. The van der Waals surface area contributed by atoms with Crippen molar-refractivity contribution in [3.05, 3.63) is 18.7 Å². The number of piperazine rings is 1. The zero-order chi connectivity index (χ0) is 14.0. The first-order chi connectivity index (χ1) is 9.70. The summed E-state index contributed by atoms with van der Waals surface area (Å²) in [6, 6.07) is 0.536. The predicted octanol–water partition coefficient (Wildman–Crippen LogP) is 2.61. The maximum Gasteiger partial charge on any atom is 0.115 e. The number of hydrogen-bond acceptors (Lipinski definition) is 4. The number of nitrogens with one attached hydrogen (secondary N) is 1. The van der Waals surface area contributed by atoms with Gasteiger partial charge < -0.3 is 10.2 Å². The molecule has 1 spiro atoms. The van der Waals surface area contributed by atoms with Gasteiger partial charge in [0.1, 0.15) is 6.33 Å². The van der Waals surface area contributed by atoms with E-state index >= 15 is 0 Å². The van der Waals surface area contributed by atoms with Crippen molar-refractivity contribution in [3.63, 3.8) is 0 Å². The van der Waals surface area contributed by atoms with E-state index in [9.17, 15) is 0 Å². The summed E-state index contributed by atoms with van der Waals surface area (Å²) in [7, 11) is 0. The van der Waals surface area contributed by atoms with Gasteiger partial charge in [0.15, 0.2) is 0 Å². The summed E-state index contributed by atoms with van der Waals surface area (Å²) in [6.07, 6.45) is 12.3. The van der Waals surface area contributed by atoms with Gasteiger partial charge in [-0.25, -0.2) is 9.97 Å². The molecular formula is C16H26N4. The quantitative estimate of drug-likeness (QED) is 0.900. The molecule has 0 bridgehead atoms. The second-order valence-corrected chi connectivity index (χ2v) is 6.76. The van der Waals surface area contributed by atoms with Gasteiger partial charge in [-0.05, 0) is 18.8 Å². The van der Waals surface area contributed by atoms with Crippen LogP contribution in [0.1, 0.15) is 46.0 Å². The van der Waals surface area contributed by atoms with Crippen LogP contribution in [0.5, 0.6) is 0 Å². The molecule has 1 aromatic heterocycles. The normalized spacial score (nSPS) is 26.1. The van der Waals surface area contributed by atoms with Gasteiger partial charge in [0.2, 0.25) is 0 Å². The van der Waals surface area contributed by atoms with E-state index < -0.39 is 0 Å². The summed E-state index contributed by atoms with van der Waals surface area (Å²) in [5.41, 5.74) is 1.50. The van der Waals surface area contributed by atoms with Crippen LogP contribution in [0.3, 0.4) is 0 Å². The van der Waals surface area contributed by atoms with Crippen molar-refractivity contribution in [2.24, 2.45) is 5.92 Å². The van der Waals surface area contributed by atoms with E-state index in [1.54, 1.807) is 6.33 Å². The summed E-state index contributed by atoms with van der Waals surface area (Å²) in [4.78, 5) is 11.0. The van der Waals surface area contributed by atoms with E-state index in [-0.39, 0.29) is 0 Å². The average Bonchev–Trinajstić information content (AvgIpc) is 2.48. The van der Waals surface area contributed by atoms with E-state index in [4.69, 9.17) is 0 Å². The lowest BCUT2D eigenvalue weighted by Crippen LogP contribution is -2.66. The predicted molar refractivity (Wildman–Crippen MR) is 81.8 cm³/mol. The zero-order valence-corrected chi connectivity index (χ0v) is 12.7. The Morgan fingerprint density at radius 3 is 2.55 bits per heavy atom. The first kappa shape index (κ1) is 13.8. The molecule has 1 N–H and O–H groups in total. The molecule has 3 rings (SSSR count). The molecular weight excluding hydrogens is 248 g/mol. The molecule has 1 atom stereocenters. The van der Waals surface area contributed by atoms with E-state index in [1.165, 1.54) is 37.8 Å². The molecule has 0 aromatic carbocycles. The van der Waals surface area contributed by atoms with Crippen molar-refractivity contribution in [2.45, 2.75) is 57.5 Å². The third-order valence-electron chi connectivity index (χ3n) is 5.02. The van der Waals surface area contributed by atoms with E-state index in [2.05, 4.69) is 34.0 Å². The topological polar surface area (TPSA) is 41.0 Å². The second-order valence-electron chi connectivity index (χ2n) is 6.76. The lowest BCUT2D eigenvalue weighted by molar-refractivity contribution is 0.184. The number of rotatable bonds is 2. The number of aromatic nitrogens is 2. The Hall–Kier alpha value is -1.16. The van der Waals surface area contributed by atoms with Crippen LogP contribution in [0.15, 0.2) is 18.7 Å². The molecule has 2 aliphatic rings. The molecule has 1 unspecified atom stereocenters. The van der Waals surface area contributed by atoms with E-state index in [0.717, 1.165) is 13.1 Å². The standard InChI is InChI=1S/C16H26N4/c1-13(2)15-10-19-16(6-4-3-5-7-16)11-20(15)14-8-17-12-18-9-14/h8-9,12-13,15,19H,3-7,10-11H2,1-2H3. The minimum absolute atomic E-state index is 0.319. The minimum atomic E-state index is 0.319. The van der Waals surface area contributed by atoms with Crippen molar-refractivity contribution < 1.29 is 0 Å². The Balaban J connectivity index is 1.85. The highest BCUT2D eigenvalue weighted by Gasteiger charge is 2.40. The summed E-state index contributed by atoms with van der Waals surface area (Å²) in [5, 5.41) is 3.88. The molecule has 1 aliphatic carbocycles. The summed E-state index contributed by atoms with van der Waals surface area (Å²) in [6.45, 7) is 6.79. The summed E-state index contributed by atoms with van der Waals surface area (Å²) >= 11 is 0. The fourth-order valence-electron chi connectivity index (χ4n) is 3.81. The lowest BCUT2D eigenvalue weighted by atomic mass is 9.78. The van der Waals surface area contributed by atoms with Crippen molar-refractivity contribution in [1.29, 1.82) is 0 Å². The second kappa shape index (κ2) is 5.68. The molecule has 110 valence electrons. The first-order valence-corrected chi connectivity index (χ1v) is 7.97. The Bertz CT molecular complexity index is 425. The largest absolute Gasteiger partial charge is 0.363 e. The molecule has 1 saturated heterocycles. The maximum atomic E-state index is 4.21. The van der Waals surface area contributed by atoms with Crippen molar-refractivity contribution in [3.8, 4) is 0 Å². The molecule has 4 nitrogen and oxygen atoms in total. The van der Waals surface area contributed by atoms with Gasteiger partial charge in [0, 0.05) is 24.7 Å². The smallest absolute Gasteiger partial charge is 0.115 e. The Labute approximate surface area is 122 Å². The van der Waals surface area contributed by atoms with Crippen LogP contribution in [0.25, 0.3) is 0 Å². The van der Waals surface area contributed by atoms with Gasteiger partial charge in [-0.2, -0.15) is 0 Å². The van der Waals surface area contributed by atoms with Crippen LogP contribution < -0.4 is 10.2 Å². The van der Waals surface area contributed by atoms with Gasteiger partial charge in [0.05, 0.1) is 18.1 Å². The highest BCUT2D eigenvalue weighted by atomic mass is 15.3. The fraction of sp³-hybridized carbons (Fsp3) is 0.750. The van der Waals surface area contributed by atoms with Crippen LogP contribution >= 0.6 is 0 Å². The highest BCUT2D eigenvalue weighted by molar-refractivity contribution is 5.45. The van der Waals surface area contributed by atoms with Crippen LogP contribution in [-0.4, -0.2) is 34.6 Å². The monoisotopic (exact) mass is 274 g/mol.